The number of nitrogens with zero attached hydrogens (tertiary/aromatic N) is 2. The number of aromatic nitrogens is 2. The minimum absolute atomic E-state index is 0.215. The standard InChI is InChI=1S/C19H33N3O/c1-3-4-12-22(2)15-17-14-20-21-18(17)16-7-10-19(11-8-16)9-5-6-13-23-19/h14,16H,3-13,15H2,1-2H3,(H,20,21). The average Bonchev–Trinajstić information content (AvgIpc) is 3.02. The van der Waals surface area contributed by atoms with E-state index in [4.69, 9.17) is 4.74 Å². The Bertz CT molecular complexity index is 469. The number of rotatable bonds is 6. The third-order valence-electron chi connectivity index (χ3n) is 5.83. The Labute approximate surface area is 141 Å². The fraction of sp³-hybridized carbons (Fsp3) is 0.842. The van der Waals surface area contributed by atoms with Crippen molar-refractivity contribution >= 4 is 0 Å². The van der Waals surface area contributed by atoms with E-state index in [0.717, 1.165) is 13.2 Å². The van der Waals surface area contributed by atoms with Gasteiger partial charge in [-0.25, -0.2) is 0 Å². The van der Waals surface area contributed by atoms with Crippen molar-refractivity contribution in [3.05, 3.63) is 17.5 Å². The van der Waals surface area contributed by atoms with E-state index in [1.165, 1.54) is 75.6 Å². The van der Waals surface area contributed by atoms with Crippen LogP contribution in [0.2, 0.25) is 0 Å². The average molecular weight is 319 g/mol. The van der Waals surface area contributed by atoms with Crippen LogP contribution >= 0.6 is 0 Å². The summed E-state index contributed by atoms with van der Waals surface area (Å²) in [4.78, 5) is 2.42. The van der Waals surface area contributed by atoms with Crippen LogP contribution in [-0.2, 0) is 11.3 Å². The molecule has 4 heteroatoms. The van der Waals surface area contributed by atoms with E-state index in [1.54, 1.807) is 0 Å². The van der Waals surface area contributed by atoms with Gasteiger partial charge in [0.1, 0.15) is 0 Å². The number of aromatic amines is 1. The fourth-order valence-corrected chi connectivity index (χ4v) is 4.34. The van der Waals surface area contributed by atoms with E-state index in [2.05, 4.69) is 29.1 Å². The lowest BCUT2D eigenvalue weighted by Gasteiger charge is -2.42. The lowest BCUT2D eigenvalue weighted by Crippen LogP contribution is -2.39. The molecule has 1 aromatic heterocycles. The molecule has 0 unspecified atom stereocenters. The molecule has 3 rings (SSSR count). The minimum atomic E-state index is 0.215. The first kappa shape index (κ1) is 17.0. The summed E-state index contributed by atoms with van der Waals surface area (Å²) < 4.78 is 6.18. The van der Waals surface area contributed by atoms with Crippen molar-refractivity contribution in [2.24, 2.45) is 0 Å². The van der Waals surface area contributed by atoms with Crippen molar-refractivity contribution < 1.29 is 4.74 Å². The van der Waals surface area contributed by atoms with Crippen molar-refractivity contribution in [2.75, 3.05) is 20.2 Å². The van der Waals surface area contributed by atoms with E-state index in [0.29, 0.717) is 5.92 Å². The molecule has 1 saturated heterocycles. The maximum Gasteiger partial charge on any atom is 0.0683 e. The molecule has 0 radical (unpaired) electrons. The molecule has 0 bridgehead atoms. The zero-order chi connectivity index (χ0) is 16.1. The molecule has 1 N–H and O–H groups in total. The maximum atomic E-state index is 6.18. The summed E-state index contributed by atoms with van der Waals surface area (Å²) in [5.74, 6) is 0.642. The van der Waals surface area contributed by atoms with Gasteiger partial charge in [0.15, 0.2) is 0 Å². The number of H-pyrrole nitrogens is 1. The third kappa shape index (κ3) is 4.16. The van der Waals surface area contributed by atoms with Crippen molar-refractivity contribution in [1.82, 2.24) is 15.1 Å². The summed E-state index contributed by atoms with van der Waals surface area (Å²) in [6.45, 7) is 5.41. The second-order valence-corrected chi connectivity index (χ2v) is 7.66. The predicted molar refractivity (Wildman–Crippen MR) is 93.6 cm³/mol. The monoisotopic (exact) mass is 319 g/mol. The number of nitrogens with one attached hydrogen (secondary N) is 1. The van der Waals surface area contributed by atoms with Crippen molar-refractivity contribution in [3.8, 4) is 0 Å². The molecule has 1 aliphatic carbocycles. The largest absolute Gasteiger partial charge is 0.375 e. The highest BCUT2D eigenvalue weighted by Gasteiger charge is 2.38. The smallest absolute Gasteiger partial charge is 0.0683 e. The molecular weight excluding hydrogens is 286 g/mol. The first-order valence-corrected chi connectivity index (χ1v) is 9.57. The second kappa shape index (κ2) is 7.80. The predicted octanol–water partition coefficient (Wildman–Crippen LogP) is 4.24. The third-order valence-corrected chi connectivity index (χ3v) is 5.83. The normalized spacial score (nSPS) is 28.6. The molecule has 2 heterocycles. The summed E-state index contributed by atoms with van der Waals surface area (Å²) in [6, 6.07) is 0. The summed E-state index contributed by atoms with van der Waals surface area (Å²) in [6.07, 6.45) is 13.4. The van der Waals surface area contributed by atoms with Crippen LogP contribution in [0.1, 0.15) is 81.9 Å². The van der Waals surface area contributed by atoms with Gasteiger partial charge in [0.05, 0.1) is 11.8 Å². The van der Waals surface area contributed by atoms with Crippen molar-refractivity contribution in [3.63, 3.8) is 0 Å². The molecule has 2 aliphatic rings. The van der Waals surface area contributed by atoms with Crippen LogP contribution in [-0.4, -0.2) is 40.9 Å². The molecule has 2 fully saturated rings. The van der Waals surface area contributed by atoms with Gasteiger partial charge >= 0.3 is 0 Å². The fourth-order valence-electron chi connectivity index (χ4n) is 4.34. The van der Waals surface area contributed by atoms with E-state index in [1.807, 2.05) is 6.20 Å². The molecule has 1 aliphatic heterocycles. The Morgan fingerprint density at radius 3 is 2.83 bits per heavy atom. The van der Waals surface area contributed by atoms with E-state index >= 15 is 0 Å². The summed E-state index contributed by atoms with van der Waals surface area (Å²) in [7, 11) is 2.22. The lowest BCUT2D eigenvalue weighted by atomic mass is 9.74. The van der Waals surface area contributed by atoms with Crippen LogP contribution in [0, 0.1) is 0 Å². The van der Waals surface area contributed by atoms with Gasteiger partial charge in [-0.3, -0.25) is 5.10 Å². The van der Waals surface area contributed by atoms with Gasteiger partial charge in [-0.15, -0.1) is 0 Å². The quantitative estimate of drug-likeness (QED) is 0.852. The molecule has 1 spiro atoms. The van der Waals surface area contributed by atoms with Crippen LogP contribution in [0.4, 0.5) is 0 Å². The van der Waals surface area contributed by atoms with E-state index < -0.39 is 0 Å². The molecule has 0 amide bonds. The zero-order valence-corrected chi connectivity index (χ0v) is 14.9. The van der Waals surface area contributed by atoms with Crippen LogP contribution < -0.4 is 0 Å². The molecule has 23 heavy (non-hydrogen) atoms. The molecule has 4 nitrogen and oxygen atoms in total. The Kier molecular flexibility index (Phi) is 5.76. The highest BCUT2D eigenvalue weighted by Crippen LogP contribution is 2.44. The van der Waals surface area contributed by atoms with Gasteiger partial charge in [0, 0.05) is 30.3 Å². The van der Waals surface area contributed by atoms with Gasteiger partial charge < -0.3 is 9.64 Å². The summed E-state index contributed by atoms with van der Waals surface area (Å²) in [5, 5.41) is 7.66. The van der Waals surface area contributed by atoms with Gasteiger partial charge in [-0.1, -0.05) is 13.3 Å². The Morgan fingerprint density at radius 2 is 2.13 bits per heavy atom. The Hall–Kier alpha value is -0.870. The van der Waals surface area contributed by atoms with Crippen LogP contribution in [0.3, 0.4) is 0 Å². The highest BCUT2D eigenvalue weighted by atomic mass is 16.5. The molecule has 1 saturated carbocycles. The number of unbranched alkanes of at least 4 members (excludes halogenated alkanes) is 1. The second-order valence-electron chi connectivity index (χ2n) is 7.66. The first-order valence-electron chi connectivity index (χ1n) is 9.57. The summed E-state index contributed by atoms with van der Waals surface area (Å²) in [5.41, 5.74) is 3.00. The van der Waals surface area contributed by atoms with Gasteiger partial charge in [-0.2, -0.15) is 5.10 Å². The molecule has 0 aromatic carbocycles. The summed E-state index contributed by atoms with van der Waals surface area (Å²) >= 11 is 0. The van der Waals surface area contributed by atoms with E-state index in [-0.39, 0.29) is 5.60 Å². The SMILES string of the molecule is CCCCN(C)Cc1cn[nH]c1C1CCC2(CCCCO2)CC1. The number of ether oxygens (including phenoxy) is 1. The Morgan fingerprint density at radius 1 is 1.30 bits per heavy atom. The lowest BCUT2D eigenvalue weighted by molar-refractivity contribution is -0.102. The van der Waals surface area contributed by atoms with Gasteiger partial charge in [0.2, 0.25) is 0 Å². The topological polar surface area (TPSA) is 41.2 Å². The molecular formula is C19H33N3O. The van der Waals surface area contributed by atoms with Crippen molar-refractivity contribution in [1.29, 1.82) is 0 Å². The van der Waals surface area contributed by atoms with Gasteiger partial charge in [-0.05, 0) is 65.0 Å². The van der Waals surface area contributed by atoms with E-state index in [9.17, 15) is 0 Å². The number of hydrogen-bond acceptors (Lipinski definition) is 3. The first-order chi connectivity index (χ1) is 11.2. The number of hydrogen-bond donors (Lipinski definition) is 1. The minimum Gasteiger partial charge on any atom is -0.375 e. The zero-order valence-electron chi connectivity index (χ0n) is 14.9. The van der Waals surface area contributed by atoms with Gasteiger partial charge in [0.25, 0.3) is 0 Å². The maximum absolute atomic E-state index is 6.18. The molecule has 0 atom stereocenters. The Balaban J connectivity index is 1.57. The van der Waals surface area contributed by atoms with Crippen LogP contribution in [0.25, 0.3) is 0 Å². The van der Waals surface area contributed by atoms with Crippen LogP contribution in [0.5, 0.6) is 0 Å². The highest BCUT2D eigenvalue weighted by molar-refractivity contribution is 5.21. The van der Waals surface area contributed by atoms with Crippen molar-refractivity contribution in [2.45, 2.75) is 82.8 Å². The van der Waals surface area contributed by atoms with Crippen LogP contribution in [0.15, 0.2) is 6.20 Å². The molecule has 1 aromatic rings. The molecule has 130 valence electrons.